The van der Waals surface area contributed by atoms with Crippen LogP contribution >= 0.6 is 12.4 Å². The maximum absolute atomic E-state index is 12.9. The smallest absolute Gasteiger partial charge is 0.223 e. The van der Waals surface area contributed by atoms with Gasteiger partial charge in [0.15, 0.2) is 0 Å². The maximum atomic E-state index is 12.9. The Hall–Kier alpha value is -2.04. The Kier molecular flexibility index (Phi) is 9.19. The lowest BCUT2D eigenvalue weighted by molar-refractivity contribution is -0.133. The van der Waals surface area contributed by atoms with Crippen molar-refractivity contribution < 1.29 is 9.53 Å². The molecular weight excluding hydrogens is 396 g/mol. The number of ether oxygens (including phenoxy) is 1. The minimum absolute atomic E-state index is 0. The molecule has 1 aliphatic heterocycles. The fourth-order valence-electron chi connectivity index (χ4n) is 4.26. The topological polar surface area (TPSA) is 41.6 Å². The van der Waals surface area contributed by atoms with E-state index < -0.39 is 0 Å². The predicted octanol–water partition coefficient (Wildman–Crippen LogP) is 5.33. The van der Waals surface area contributed by atoms with Gasteiger partial charge < -0.3 is 15.0 Å². The monoisotopic (exact) mass is 430 g/mol. The van der Waals surface area contributed by atoms with Crippen LogP contribution < -0.4 is 10.1 Å². The largest absolute Gasteiger partial charge is 0.496 e. The molecule has 0 aliphatic carbocycles. The highest BCUT2D eigenvalue weighted by Crippen LogP contribution is 2.31. The summed E-state index contributed by atoms with van der Waals surface area (Å²) in [4.78, 5) is 14.8. The van der Waals surface area contributed by atoms with Crippen molar-refractivity contribution in [2.24, 2.45) is 11.8 Å². The standard InChI is InChI=1S/C25H34N2O2.ClH/c1-18(20-13-15-26-16-14-20)17-25(28)27(3)19(2)21-9-11-22(12-10-21)23-7-5-6-8-24(23)29-4;/h5-12,18-20,26H,13-17H2,1-4H3;1H. The van der Waals surface area contributed by atoms with E-state index >= 15 is 0 Å². The number of carbonyl (C=O) groups is 1. The summed E-state index contributed by atoms with van der Waals surface area (Å²) in [5.74, 6) is 2.20. The summed E-state index contributed by atoms with van der Waals surface area (Å²) in [5, 5.41) is 3.41. The van der Waals surface area contributed by atoms with Crippen molar-refractivity contribution in [2.75, 3.05) is 27.2 Å². The number of benzene rings is 2. The summed E-state index contributed by atoms with van der Waals surface area (Å²) < 4.78 is 5.48. The summed E-state index contributed by atoms with van der Waals surface area (Å²) in [6, 6.07) is 16.5. The minimum atomic E-state index is 0. The summed E-state index contributed by atoms with van der Waals surface area (Å²) in [6.45, 7) is 6.49. The SMILES string of the molecule is COc1ccccc1-c1ccc(C(C)N(C)C(=O)CC(C)C2CCNCC2)cc1.Cl. The van der Waals surface area contributed by atoms with E-state index in [1.807, 2.05) is 30.1 Å². The average Bonchev–Trinajstić information content (AvgIpc) is 2.78. The Labute approximate surface area is 187 Å². The molecule has 5 heteroatoms. The highest BCUT2D eigenvalue weighted by molar-refractivity contribution is 5.85. The molecule has 2 aromatic rings. The van der Waals surface area contributed by atoms with Crippen molar-refractivity contribution in [1.82, 2.24) is 10.2 Å². The van der Waals surface area contributed by atoms with E-state index in [9.17, 15) is 4.79 Å². The molecule has 164 valence electrons. The third kappa shape index (κ3) is 5.77. The van der Waals surface area contributed by atoms with Crippen molar-refractivity contribution in [1.29, 1.82) is 0 Å². The van der Waals surface area contributed by atoms with Gasteiger partial charge in [0.05, 0.1) is 13.2 Å². The molecule has 2 atom stereocenters. The normalized spacial score (nSPS) is 16.3. The van der Waals surface area contributed by atoms with Gasteiger partial charge in [0.1, 0.15) is 5.75 Å². The lowest BCUT2D eigenvalue weighted by Gasteiger charge is -2.31. The number of nitrogens with zero attached hydrogens (tertiary/aromatic N) is 1. The first kappa shape index (κ1) is 24.2. The quantitative estimate of drug-likeness (QED) is 0.645. The number of rotatable bonds is 7. The molecule has 0 bridgehead atoms. The molecule has 1 aliphatic rings. The number of para-hydroxylation sites is 1. The molecule has 2 unspecified atom stereocenters. The molecular formula is C25H35ClN2O2. The van der Waals surface area contributed by atoms with E-state index in [0.29, 0.717) is 18.3 Å². The minimum Gasteiger partial charge on any atom is -0.496 e. The maximum Gasteiger partial charge on any atom is 0.223 e. The van der Waals surface area contributed by atoms with E-state index in [4.69, 9.17) is 4.74 Å². The molecule has 1 fully saturated rings. The lowest BCUT2D eigenvalue weighted by Crippen LogP contribution is -2.35. The lowest BCUT2D eigenvalue weighted by atomic mass is 9.84. The van der Waals surface area contributed by atoms with Crippen LogP contribution in [0.4, 0.5) is 0 Å². The van der Waals surface area contributed by atoms with Gasteiger partial charge in [-0.1, -0.05) is 49.4 Å². The fraction of sp³-hybridized carbons (Fsp3) is 0.480. The van der Waals surface area contributed by atoms with Gasteiger partial charge in [-0.3, -0.25) is 4.79 Å². The van der Waals surface area contributed by atoms with E-state index in [1.165, 1.54) is 12.8 Å². The van der Waals surface area contributed by atoms with Crippen LogP contribution in [0.25, 0.3) is 11.1 Å². The van der Waals surface area contributed by atoms with Gasteiger partial charge in [-0.15, -0.1) is 12.4 Å². The van der Waals surface area contributed by atoms with E-state index in [1.54, 1.807) is 7.11 Å². The Morgan fingerprint density at radius 3 is 2.37 bits per heavy atom. The number of hydrogen-bond acceptors (Lipinski definition) is 3. The number of hydrogen-bond donors (Lipinski definition) is 1. The predicted molar refractivity (Wildman–Crippen MR) is 126 cm³/mol. The van der Waals surface area contributed by atoms with Gasteiger partial charge in [0.25, 0.3) is 0 Å². The third-order valence-electron chi connectivity index (χ3n) is 6.47. The van der Waals surface area contributed by atoms with Crippen LogP contribution in [-0.4, -0.2) is 38.1 Å². The Morgan fingerprint density at radius 2 is 1.73 bits per heavy atom. The summed E-state index contributed by atoms with van der Waals surface area (Å²) in [7, 11) is 3.62. The molecule has 1 N–H and O–H groups in total. The average molecular weight is 431 g/mol. The van der Waals surface area contributed by atoms with Gasteiger partial charge in [0, 0.05) is 19.0 Å². The van der Waals surface area contributed by atoms with Crippen LogP contribution in [0.1, 0.15) is 44.7 Å². The number of halogens is 1. The Bertz CT molecular complexity index is 803. The highest BCUT2D eigenvalue weighted by atomic mass is 35.5. The number of piperidine rings is 1. The number of nitrogens with one attached hydrogen (secondary N) is 1. The van der Waals surface area contributed by atoms with Crippen LogP contribution in [0.3, 0.4) is 0 Å². The molecule has 30 heavy (non-hydrogen) atoms. The van der Waals surface area contributed by atoms with Crippen molar-refractivity contribution in [3.8, 4) is 16.9 Å². The second kappa shape index (κ2) is 11.4. The zero-order chi connectivity index (χ0) is 20.8. The van der Waals surface area contributed by atoms with Crippen LogP contribution in [-0.2, 0) is 4.79 Å². The molecule has 1 saturated heterocycles. The van der Waals surface area contributed by atoms with Gasteiger partial charge in [0.2, 0.25) is 5.91 Å². The van der Waals surface area contributed by atoms with Crippen molar-refractivity contribution in [3.05, 3.63) is 54.1 Å². The molecule has 2 aromatic carbocycles. The van der Waals surface area contributed by atoms with Gasteiger partial charge in [-0.2, -0.15) is 0 Å². The fourth-order valence-corrected chi connectivity index (χ4v) is 4.26. The first-order valence-corrected chi connectivity index (χ1v) is 10.7. The van der Waals surface area contributed by atoms with Crippen LogP contribution in [0.15, 0.2) is 48.5 Å². The number of carbonyl (C=O) groups excluding carboxylic acids is 1. The second-order valence-corrected chi connectivity index (χ2v) is 8.27. The van der Waals surface area contributed by atoms with Crippen molar-refractivity contribution in [2.45, 2.75) is 39.2 Å². The van der Waals surface area contributed by atoms with Crippen LogP contribution in [0.5, 0.6) is 5.75 Å². The molecule has 4 nitrogen and oxygen atoms in total. The molecule has 0 saturated carbocycles. The van der Waals surface area contributed by atoms with Crippen molar-refractivity contribution >= 4 is 18.3 Å². The second-order valence-electron chi connectivity index (χ2n) is 8.27. The van der Waals surface area contributed by atoms with Crippen LogP contribution in [0, 0.1) is 11.8 Å². The summed E-state index contributed by atoms with van der Waals surface area (Å²) in [6.07, 6.45) is 2.99. The Morgan fingerprint density at radius 1 is 1.10 bits per heavy atom. The molecule has 1 amide bonds. The van der Waals surface area contributed by atoms with Crippen LogP contribution in [0.2, 0.25) is 0 Å². The van der Waals surface area contributed by atoms with E-state index in [-0.39, 0.29) is 24.4 Å². The molecule has 0 radical (unpaired) electrons. The molecule has 0 spiro atoms. The number of methoxy groups -OCH3 is 1. The van der Waals surface area contributed by atoms with E-state index in [2.05, 4.69) is 49.5 Å². The zero-order valence-electron chi connectivity index (χ0n) is 18.6. The van der Waals surface area contributed by atoms with Gasteiger partial charge in [-0.05, 0) is 61.9 Å². The number of amides is 1. The highest BCUT2D eigenvalue weighted by Gasteiger charge is 2.25. The van der Waals surface area contributed by atoms with Gasteiger partial charge >= 0.3 is 0 Å². The van der Waals surface area contributed by atoms with Crippen molar-refractivity contribution in [3.63, 3.8) is 0 Å². The summed E-state index contributed by atoms with van der Waals surface area (Å²) >= 11 is 0. The summed E-state index contributed by atoms with van der Waals surface area (Å²) in [5.41, 5.74) is 3.34. The van der Waals surface area contributed by atoms with Gasteiger partial charge in [-0.25, -0.2) is 0 Å². The molecule has 0 aromatic heterocycles. The van der Waals surface area contributed by atoms with E-state index in [0.717, 1.165) is 35.5 Å². The third-order valence-corrected chi connectivity index (χ3v) is 6.47. The Balaban J connectivity index is 0.00000320. The molecule has 1 heterocycles. The first-order valence-electron chi connectivity index (χ1n) is 10.7. The first-order chi connectivity index (χ1) is 14.0. The zero-order valence-corrected chi connectivity index (χ0v) is 19.4. The molecule has 3 rings (SSSR count).